The molecule has 0 saturated heterocycles. The van der Waals surface area contributed by atoms with Crippen LogP contribution in [0.5, 0.6) is 0 Å². The van der Waals surface area contributed by atoms with Crippen LogP contribution in [0.2, 0.25) is 0 Å². The second-order valence-electron chi connectivity index (χ2n) is 11.7. The molecule has 0 spiro atoms. The fourth-order valence-corrected chi connectivity index (χ4v) is 6.26. The maximum Gasteiger partial charge on any atom is 0.188 e. The molecule has 8 rings (SSSR count). The molecular weight excluding hydrogens is 732 g/mol. The summed E-state index contributed by atoms with van der Waals surface area (Å²) >= 11 is 0. The maximum absolute atomic E-state index is 8.09. The number of pyridine rings is 1. The van der Waals surface area contributed by atoms with E-state index in [0.717, 1.165) is 61.1 Å². The van der Waals surface area contributed by atoms with E-state index in [1.54, 1.807) is 6.33 Å². The largest absolute Gasteiger partial charge is 0.319 e. The van der Waals surface area contributed by atoms with Crippen molar-refractivity contribution in [1.29, 1.82) is 0 Å². The van der Waals surface area contributed by atoms with Crippen LogP contribution >= 0.6 is 0 Å². The molecule has 222 valence electrons. The van der Waals surface area contributed by atoms with Gasteiger partial charge in [0.1, 0.15) is 5.82 Å². The van der Waals surface area contributed by atoms with Gasteiger partial charge in [0.15, 0.2) is 17.4 Å². The molecule has 0 atom stereocenters. The minimum atomic E-state index is -2.31. The molecule has 0 bridgehead atoms. The summed E-state index contributed by atoms with van der Waals surface area (Å²) in [6.45, 7) is 2.05. The minimum absolute atomic E-state index is 0. The Hall–Kier alpha value is -4.79. The first-order valence-electron chi connectivity index (χ1n) is 16.2. The number of hydrogen-bond donors (Lipinski definition) is 0. The quantitative estimate of drug-likeness (QED) is 0.161. The Morgan fingerprint density at radius 2 is 1.42 bits per heavy atom. The van der Waals surface area contributed by atoms with Crippen molar-refractivity contribution in [2.45, 2.75) is 19.3 Å². The van der Waals surface area contributed by atoms with E-state index in [4.69, 9.17) is 9.10 Å². The van der Waals surface area contributed by atoms with Crippen molar-refractivity contribution in [3.05, 3.63) is 157 Å². The molecule has 0 unspecified atom stereocenters. The van der Waals surface area contributed by atoms with Gasteiger partial charge in [-0.15, -0.1) is 23.1 Å². The van der Waals surface area contributed by atoms with Gasteiger partial charge in [-0.2, -0.15) is 35.9 Å². The van der Waals surface area contributed by atoms with E-state index in [1.807, 2.05) is 71.4 Å². The maximum atomic E-state index is 8.09. The molecule has 45 heavy (non-hydrogen) atoms. The summed E-state index contributed by atoms with van der Waals surface area (Å²) in [6.07, 6.45) is 3.51. The number of rotatable bonds is 5. The topological polar surface area (TPSA) is 27.7 Å². The van der Waals surface area contributed by atoms with E-state index >= 15 is 0 Å². The SMILES string of the molecule is [2H]C([2H])([2H])n1[cH+]n(-c2[c-]c(C(C)(C)c3[c-]c4c(cc3)c3ccccc3n4-c3cc(-c4ccccc4)ccn3)ccc2)c2ccccc21.[Pt]. The van der Waals surface area contributed by atoms with Gasteiger partial charge in [0.05, 0.1) is 0 Å². The zero-order valence-corrected chi connectivity index (χ0v) is 27.1. The van der Waals surface area contributed by atoms with Crippen molar-refractivity contribution in [3.8, 4) is 22.6 Å². The Morgan fingerprint density at radius 3 is 2.24 bits per heavy atom. The molecule has 0 aliphatic carbocycles. The summed E-state index contributed by atoms with van der Waals surface area (Å²) in [5, 5.41) is 2.25. The van der Waals surface area contributed by atoms with Gasteiger partial charge in [0.25, 0.3) is 0 Å². The predicted octanol–water partition coefficient (Wildman–Crippen LogP) is 9.33. The number of hydrogen-bond acceptors (Lipinski definition) is 1. The van der Waals surface area contributed by atoms with E-state index in [9.17, 15) is 0 Å². The molecule has 5 heteroatoms. The van der Waals surface area contributed by atoms with Gasteiger partial charge in [-0.25, -0.2) is 14.1 Å². The third kappa shape index (κ3) is 4.81. The molecular formula is C40H31N4Pt-. The zero-order valence-electron chi connectivity index (χ0n) is 27.8. The fraction of sp³-hybridized carbons (Fsp3) is 0.100. The third-order valence-corrected chi connectivity index (χ3v) is 8.68. The first kappa shape index (κ1) is 25.5. The van der Waals surface area contributed by atoms with Crippen LogP contribution in [0.1, 0.15) is 29.1 Å². The van der Waals surface area contributed by atoms with E-state index in [2.05, 4.69) is 91.2 Å². The van der Waals surface area contributed by atoms with Gasteiger partial charge in [0.2, 0.25) is 0 Å². The van der Waals surface area contributed by atoms with Crippen LogP contribution in [0.3, 0.4) is 0 Å². The average Bonchev–Trinajstić information content (AvgIpc) is 3.65. The van der Waals surface area contributed by atoms with Crippen molar-refractivity contribution >= 4 is 32.8 Å². The number of fused-ring (bicyclic) bond motifs is 4. The van der Waals surface area contributed by atoms with E-state index in [1.165, 1.54) is 4.57 Å². The summed E-state index contributed by atoms with van der Waals surface area (Å²) < 4.78 is 29.7. The van der Waals surface area contributed by atoms with E-state index in [0.29, 0.717) is 5.52 Å². The molecule has 0 saturated carbocycles. The molecule has 3 aromatic heterocycles. The third-order valence-electron chi connectivity index (χ3n) is 8.68. The van der Waals surface area contributed by atoms with Crippen LogP contribution in [0.15, 0.2) is 134 Å². The Morgan fingerprint density at radius 1 is 0.689 bits per heavy atom. The molecule has 0 radical (unpaired) electrons. The molecule has 0 N–H and O–H groups in total. The standard InChI is InChI=1S/C40H31N4.Pt/c1-40(2,30-14-11-15-32(25-30)43-27-42(3)36-18-9-10-19-37(36)43)31-20-21-34-33-16-7-8-17-35(33)44(38(34)26-31)39-24-29(22-23-41-39)28-12-5-4-6-13-28;/h4-24,27H,1-3H3;/q-1;/i3D3;. The Kier molecular flexibility index (Phi) is 6.40. The summed E-state index contributed by atoms with van der Waals surface area (Å²) in [5.41, 5.74) is 7.98. The number of para-hydroxylation sites is 3. The first-order valence-corrected chi connectivity index (χ1v) is 14.7. The van der Waals surface area contributed by atoms with Crippen LogP contribution < -0.4 is 0 Å². The average molecular weight is 766 g/mol. The summed E-state index contributed by atoms with van der Waals surface area (Å²) in [4.78, 5) is 4.84. The number of benzene rings is 5. The number of imidazole rings is 1. The molecule has 0 amide bonds. The predicted molar refractivity (Wildman–Crippen MR) is 180 cm³/mol. The van der Waals surface area contributed by atoms with Gasteiger partial charge in [-0.3, -0.25) is 0 Å². The van der Waals surface area contributed by atoms with Gasteiger partial charge >= 0.3 is 0 Å². The zero-order chi connectivity index (χ0) is 32.3. The van der Waals surface area contributed by atoms with Crippen molar-refractivity contribution in [2.24, 2.45) is 6.98 Å². The number of aryl methyl sites for hydroxylation is 1. The van der Waals surface area contributed by atoms with Gasteiger partial charge in [-0.05, 0) is 52.3 Å². The molecule has 3 heterocycles. The first-order chi connectivity index (χ1) is 22.7. The van der Waals surface area contributed by atoms with Crippen LogP contribution in [-0.2, 0) is 33.5 Å². The molecule has 0 aliphatic rings. The smallest absolute Gasteiger partial charge is 0.188 e. The van der Waals surface area contributed by atoms with Crippen LogP contribution in [0, 0.1) is 12.1 Å². The van der Waals surface area contributed by atoms with E-state index < -0.39 is 12.4 Å². The molecule has 5 aromatic carbocycles. The van der Waals surface area contributed by atoms with Crippen molar-refractivity contribution in [3.63, 3.8) is 0 Å². The van der Waals surface area contributed by atoms with Crippen LogP contribution in [-0.4, -0.2) is 18.7 Å². The number of aromatic nitrogens is 4. The minimum Gasteiger partial charge on any atom is -0.319 e. The monoisotopic (exact) mass is 765 g/mol. The van der Waals surface area contributed by atoms with Crippen molar-refractivity contribution in [2.75, 3.05) is 0 Å². The molecule has 4 nitrogen and oxygen atoms in total. The second kappa shape index (κ2) is 11.3. The Bertz CT molecular complexity index is 2440. The summed E-state index contributed by atoms with van der Waals surface area (Å²) in [5.74, 6) is 0.833. The normalized spacial score (nSPS) is 13.0. The Balaban J connectivity index is 0.00000364. The van der Waals surface area contributed by atoms with Crippen molar-refractivity contribution < 1.29 is 25.2 Å². The fourth-order valence-electron chi connectivity index (χ4n) is 6.26. The summed E-state index contributed by atoms with van der Waals surface area (Å²) in [7, 11) is 0. The van der Waals surface area contributed by atoms with Crippen molar-refractivity contribution in [1.82, 2.24) is 18.7 Å². The molecule has 0 fully saturated rings. The molecule has 8 aromatic rings. The van der Waals surface area contributed by atoms with Crippen LogP contribution in [0.25, 0.3) is 55.5 Å². The summed E-state index contributed by atoms with van der Waals surface area (Å²) in [6, 6.07) is 48.3. The second-order valence-corrected chi connectivity index (χ2v) is 11.7. The van der Waals surface area contributed by atoms with Crippen LogP contribution in [0.4, 0.5) is 0 Å². The van der Waals surface area contributed by atoms with Gasteiger partial charge in [0, 0.05) is 61.7 Å². The molecule has 0 aliphatic heterocycles. The van der Waals surface area contributed by atoms with E-state index in [-0.39, 0.29) is 21.1 Å². The van der Waals surface area contributed by atoms with Gasteiger partial charge < -0.3 is 4.57 Å². The Labute approximate surface area is 281 Å². The van der Waals surface area contributed by atoms with Gasteiger partial charge in [-0.1, -0.05) is 67.9 Å². The number of nitrogens with zero attached hydrogens (tertiary/aromatic N) is 4.